The molecule has 1 N–H and O–H groups in total. The van der Waals surface area contributed by atoms with E-state index in [1.54, 1.807) is 25.1 Å². The molecule has 0 saturated carbocycles. The number of pyridine rings is 1. The molecule has 0 unspecified atom stereocenters. The molecule has 27 heavy (non-hydrogen) atoms. The average Bonchev–Trinajstić information content (AvgIpc) is 2.62. The van der Waals surface area contributed by atoms with Crippen molar-refractivity contribution in [2.45, 2.75) is 35.1 Å². The van der Waals surface area contributed by atoms with Crippen LogP contribution < -0.4 is 5.32 Å². The SMILES string of the molecule is C[C@H](Sc1ccc(S(=O)(=O)N(C)C)cn1)C(=O)N[C@H](C)c1ccc(F)cc1. The first-order valence-electron chi connectivity index (χ1n) is 8.22. The second kappa shape index (κ2) is 8.81. The van der Waals surface area contributed by atoms with Crippen molar-refractivity contribution in [1.29, 1.82) is 0 Å². The van der Waals surface area contributed by atoms with Gasteiger partial charge in [0.2, 0.25) is 15.9 Å². The molecule has 0 aliphatic carbocycles. The normalized spacial score (nSPS) is 14.0. The summed E-state index contributed by atoms with van der Waals surface area (Å²) in [6.07, 6.45) is 1.28. The summed E-state index contributed by atoms with van der Waals surface area (Å²) in [6.45, 7) is 3.56. The third-order valence-corrected chi connectivity index (χ3v) is 6.73. The molecule has 0 bridgehead atoms. The van der Waals surface area contributed by atoms with Crippen LogP contribution in [0, 0.1) is 5.82 Å². The van der Waals surface area contributed by atoms with E-state index in [9.17, 15) is 17.6 Å². The Kier molecular flexibility index (Phi) is 6.96. The third-order valence-electron chi connectivity index (χ3n) is 3.88. The van der Waals surface area contributed by atoms with Gasteiger partial charge in [-0.2, -0.15) is 0 Å². The molecule has 0 aliphatic heterocycles. The number of nitrogens with zero attached hydrogens (tertiary/aromatic N) is 2. The van der Waals surface area contributed by atoms with Gasteiger partial charge in [-0.3, -0.25) is 4.79 Å². The summed E-state index contributed by atoms with van der Waals surface area (Å²) in [4.78, 5) is 16.6. The Morgan fingerprint density at radius 3 is 2.30 bits per heavy atom. The molecule has 146 valence electrons. The van der Waals surface area contributed by atoms with E-state index in [1.807, 2.05) is 6.92 Å². The largest absolute Gasteiger partial charge is 0.349 e. The first-order chi connectivity index (χ1) is 12.6. The second-order valence-corrected chi connectivity index (χ2v) is 9.67. The minimum atomic E-state index is -3.53. The Bertz CT molecular complexity index is 885. The molecule has 1 heterocycles. The lowest BCUT2D eigenvalue weighted by molar-refractivity contribution is -0.120. The lowest BCUT2D eigenvalue weighted by Gasteiger charge is -2.17. The molecule has 2 aromatic rings. The number of rotatable bonds is 7. The van der Waals surface area contributed by atoms with Crippen molar-refractivity contribution in [2.24, 2.45) is 0 Å². The molecule has 0 saturated heterocycles. The summed E-state index contributed by atoms with van der Waals surface area (Å²) < 4.78 is 38.2. The first-order valence-corrected chi connectivity index (χ1v) is 10.5. The van der Waals surface area contributed by atoms with Crippen molar-refractivity contribution in [2.75, 3.05) is 14.1 Å². The Hall–Kier alpha value is -1.97. The van der Waals surface area contributed by atoms with Gasteiger partial charge in [0.05, 0.1) is 16.3 Å². The molecule has 6 nitrogen and oxygen atoms in total. The molecule has 0 spiro atoms. The van der Waals surface area contributed by atoms with Crippen molar-refractivity contribution in [3.05, 3.63) is 54.0 Å². The number of carbonyl (C=O) groups excluding carboxylic acids is 1. The van der Waals surface area contributed by atoms with E-state index in [0.717, 1.165) is 9.87 Å². The predicted molar refractivity (Wildman–Crippen MR) is 103 cm³/mol. The van der Waals surface area contributed by atoms with Gasteiger partial charge in [-0.25, -0.2) is 22.1 Å². The summed E-state index contributed by atoms with van der Waals surface area (Å²) in [7, 11) is -0.630. The number of nitrogens with one attached hydrogen (secondary N) is 1. The smallest absolute Gasteiger partial charge is 0.244 e. The quantitative estimate of drug-likeness (QED) is 0.709. The molecule has 1 amide bonds. The van der Waals surface area contributed by atoms with E-state index >= 15 is 0 Å². The Balaban J connectivity index is 1.98. The first kappa shape index (κ1) is 21.3. The summed E-state index contributed by atoms with van der Waals surface area (Å²) >= 11 is 1.23. The molecular weight excluding hydrogens is 389 g/mol. The zero-order valence-corrected chi connectivity index (χ0v) is 17.1. The van der Waals surface area contributed by atoms with Crippen LogP contribution >= 0.6 is 11.8 Å². The maximum atomic E-state index is 13.0. The Morgan fingerprint density at radius 1 is 1.15 bits per heavy atom. The summed E-state index contributed by atoms with van der Waals surface area (Å²) in [5.41, 5.74) is 0.804. The molecule has 0 radical (unpaired) electrons. The highest BCUT2D eigenvalue weighted by atomic mass is 32.2. The Morgan fingerprint density at radius 2 is 1.78 bits per heavy atom. The van der Waals surface area contributed by atoms with E-state index in [-0.39, 0.29) is 22.7 Å². The van der Waals surface area contributed by atoms with Crippen molar-refractivity contribution in [3.63, 3.8) is 0 Å². The maximum Gasteiger partial charge on any atom is 0.244 e. The number of amides is 1. The number of carbonyl (C=O) groups is 1. The van der Waals surface area contributed by atoms with Gasteiger partial charge in [-0.05, 0) is 43.7 Å². The summed E-state index contributed by atoms with van der Waals surface area (Å²) in [6, 6.07) is 8.74. The van der Waals surface area contributed by atoms with Gasteiger partial charge in [-0.15, -0.1) is 0 Å². The molecule has 2 rings (SSSR count). The van der Waals surface area contributed by atoms with Gasteiger partial charge in [0.15, 0.2) is 0 Å². The zero-order valence-electron chi connectivity index (χ0n) is 15.5. The van der Waals surface area contributed by atoms with Crippen LogP contribution in [0.2, 0.25) is 0 Å². The number of thioether (sulfide) groups is 1. The minimum Gasteiger partial charge on any atom is -0.349 e. The highest BCUT2D eigenvalue weighted by Crippen LogP contribution is 2.24. The topological polar surface area (TPSA) is 79.4 Å². The molecular formula is C18H22FN3O3S2. The number of aromatic nitrogens is 1. The maximum absolute atomic E-state index is 13.0. The van der Waals surface area contributed by atoms with Crippen LogP contribution in [0.25, 0.3) is 0 Å². The average molecular weight is 412 g/mol. The minimum absolute atomic E-state index is 0.0962. The number of hydrogen-bond acceptors (Lipinski definition) is 5. The second-order valence-electron chi connectivity index (χ2n) is 6.16. The fraction of sp³-hybridized carbons (Fsp3) is 0.333. The van der Waals surface area contributed by atoms with Crippen LogP contribution in [0.1, 0.15) is 25.5 Å². The predicted octanol–water partition coefficient (Wildman–Crippen LogP) is 2.83. The highest BCUT2D eigenvalue weighted by Gasteiger charge is 2.20. The molecule has 9 heteroatoms. The standard InChI is InChI=1S/C18H22FN3O3S2/c1-12(14-5-7-15(19)8-6-14)21-18(23)13(2)26-17-10-9-16(11-20-17)27(24,25)22(3)4/h5-13H,1-4H3,(H,21,23)/t12-,13+/m1/s1. The fourth-order valence-electron chi connectivity index (χ4n) is 2.20. The van der Waals surface area contributed by atoms with Crippen LogP contribution in [0.15, 0.2) is 52.5 Å². The molecule has 0 fully saturated rings. The number of sulfonamides is 1. The van der Waals surface area contributed by atoms with Gasteiger partial charge >= 0.3 is 0 Å². The highest BCUT2D eigenvalue weighted by molar-refractivity contribution is 8.00. The van der Waals surface area contributed by atoms with E-state index in [0.29, 0.717) is 5.03 Å². The van der Waals surface area contributed by atoms with E-state index in [1.165, 1.54) is 50.3 Å². The van der Waals surface area contributed by atoms with Crippen molar-refractivity contribution in [1.82, 2.24) is 14.6 Å². The van der Waals surface area contributed by atoms with Crippen LogP contribution in [0.4, 0.5) is 4.39 Å². The summed E-state index contributed by atoms with van der Waals surface area (Å²) in [5, 5.41) is 2.99. The number of benzene rings is 1. The van der Waals surface area contributed by atoms with Gasteiger partial charge < -0.3 is 5.32 Å². The molecule has 2 atom stereocenters. The molecule has 1 aromatic carbocycles. The van der Waals surface area contributed by atoms with E-state index in [2.05, 4.69) is 10.3 Å². The summed E-state index contributed by atoms with van der Waals surface area (Å²) in [5.74, 6) is -0.518. The molecule has 0 aliphatic rings. The zero-order chi connectivity index (χ0) is 20.2. The lowest BCUT2D eigenvalue weighted by atomic mass is 10.1. The number of hydrogen-bond donors (Lipinski definition) is 1. The van der Waals surface area contributed by atoms with Crippen LogP contribution in [-0.4, -0.2) is 43.0 Å². The van der Waals surface area contributed by atoms with E-state index in [4.69, 9.17) is 0 Å². The number of halogens is 1. The monoisotopic (exact) mass is 411 g/mol. The van der Waals surface area contributed by atoms with Crippen LogP contribution in [0.5, 0.6) is 0 Å². The van der Waals surface area contributed by atoms with Crippen molar-refractivity contribution < 1.29 is 17.6 Å². The van der Waals surface area contributed by atoms with Crippen molar-refractivity contribution >= 4 is 27.7 Å². The van der Waals surface area contributed by atoms with Gasteiger partial charge in [0.25, 0.3) is 0 Å². The van der Waals surface area contributed by atoms with Crippen molar-refractivity contribution in [3.8, 4) is 0 Å². The van der Waals surface area contributed by atoms with Gasteiger partial charge in [0, 0.05) is 20.3 Å². The lowest BCUT2D eigenvalue weighted by Crippen LogP contribution is -2.33. The third kappa shape index (κ3) is 5.50. The van der Waals surface area contributed by atoms with Crippen LogP contribution in [0.3, 0.4) is 0 Å². The van der Waals surface area contributed by atoms with Gasteiger partial charge in [0.1, 0.15) is 10.7 Å². The van der Waals surface area contributed by atoms with E-state index < -0.39 is 15.3 Å². The Labute approximate surface area is 163 Å². The fourth-order valence-corrected chi connectivity index (χ4v) is 3.85. The van der Waals surface area contributed by atoms with Gasteiger partial charge in [-0.1, -0.05) is 23.9 Å². The molecule has 1 aromatic heterocycles. The van der Waals surface area contributed by atoms with Crippen LogP contribution in [-0.2, 0) is 14.8 Å².